The van der Waals surface area contributed by atoms with Gasteiger partial charge in [0.05, 0.1) is 0 Å². The van der Waals surface area contributed by atoms with Crippen molar-refractivity contribution in [2.24, 2.45) is 0 Å². The Balaban J connectivity index is 0.000000490. The number of alkyl halides is 1. The molecular weight excluding hydrogens is 264 g/mol. The molecular formula is C6H11IZn. The molecule has 1 fully saturated rings. The van der Waals surface area contributed by atoms with Crippen LogP contribution in [0, 0.1) is 0 Å². The Labute approximate surface area is 77.7 Å². The molecule has 0 aromatic rings. The Kier molecular flexibility index (Phi) is 6.04. The average molecular weight is 275 g/mol. The summed E-state index contributed by atoms with van der Waals surface area (Å²) in [4.78, 5) is 0. The van der Waals surface area contributed by atoms with Gasteiger partial charge in [-0.1, -0.05) is 41.9 Å². The molecule has 0 spiro atoms. The van der Waals surface area contributed by atoms with Crippen molar-refractivity contribution in [2.75, 3.05) is 0 Å². The zero-order valence-corrected chi connectivity index (χ0v) is 10.3. The quantitative estimate of drug-likeness (QED) is 0.362. The molecule has 1 aliphatic rings. The predicted molar refractivity (Wildman–Crippen MR) is 40.9 cm³/mol. The smallest absolute Gasteiger partial charge is 0.0110 e. The zero-order valence-electron chi connectivity index (χ0n) is 5.20. The maximum atomic E-state index is 2.56. The molecule has 0 aliphatic heterocycles. The van der Waals surface area contributed by atoms with E-state index in [1.807, 2.05) is 0 Å². The molecule has 0 atom stereocenters. The van der Waals surface area contributed by atoms with E-state index >= 15 is 0 Å². The molecule has 44 valence electrons. The van der Waals surface area contributed by atoms with Crippen LogP contribution in [0.3, 0.4) is 0 Å². The van der Waals surface area contributed by atoms with Gasteiger partial charge in [-0.2, -0.15) is 0 Å². The molecule has 0 aromatic carbocycles. The first-order valence-electron chi connectivity index (χ1n) is 3.03. The summed E-state index contributed by atoms with van der Waals surface area (Å²) >= 11 is 2.56. The fourth-order valence-electron chi connectivity index (χ4n) is 1.05. The summed E-state index contributed by atoms with van der Waals surface area (Å²) in [6, 6.07) is 0. The maximum absolute atomic E-state index is 2.56. The van der Waals surface area contributed by atoms with Gasteiger partial charge in [-0.3, -0.25) is 0 Å². The van der Waals surface area contributed by atoms with Gasteiger partial charge in [-0.05, 0) is 12.8 Å². The second kappa shape index (κ2) is 5.16. The van der Waals surface area contributed by atoms with Crippen molar-refractivity contribution >= 4 is 22.6 Å². The third-order valence-corrected chi connectivity index (χ3v) is 2.78. The van der Waals surface area contributed by atoms with E-state index in [1.165, 1.54) is 32.1 Å². The van der Waals surface area contributed by atoms with Crippen LogP contribution in [0.2, 0.25) is 0 Å². The van der Waals surface area contributed by atoms with E-state index in [-0.39, 0.29) is 19.5 Å². The van der Waals surface area contributed by atoms with Crippen LogP contribution in [0.5, 0.6) is 0 Å². The van der Waals surface area contributed by atoms with Crippen molar-refractivity contribution in [2.45, 2.75) is 36.0 Å². The van der Waals surface area contributed by atoms with E-state index < -0.39 is 0 Å². The molecule has 1 aliphatic carbocycles. The van der Waals surface area contributed by atoms with Crippen LogP contribution in [-0.4, -0.2) is 3.92 Å². The molecule has 0 heterocycles. The van der Waals surface area contributed by atoms with Gasteiger partial charge in [0.25, 0.3) is 0 Å². The van der Waals surface area contributed by atoms with Gasteiger partial charge >= 0.3 is 0 Å². The van der Waals surface area contributed by atoms with Gasteiger partial charge in [-0.15, -0.1) is 0 Å². The summed E-state index contributed by atoms with van der Waals surface area (Å²) in [6.45, 7) is 0. The standard InChI is InChI=1S/C6H11I.Zn/c7-6-4-2-1-3-5-6;/h6H,1-5H2;. The Morgan fingerprint density at radius 1 is 1.00 bits per heavy atom. The molecule has 0 radical (unpaired) electrons. The third-order valence-electron chi connectivity index (χ3n) is 1.53. The van der Waals surface area contributed by atoms with Gasteiger partial charge in [0, 0.05) is 23.4 Å². The Hall–Kier alpha value is 1.35. The first kappa shape index (κ1) is 9.35. The third kappa shape index (κ3) is 3.39. The van der Waals surface area contributed by atoms with Crippen LogP contribution >= 0.6 is 22.6 Å². The molecule has 1 rings (SSSR count). The van der Waals surface area contributed by atoms with Gasteiger partial charge in [0.15, 0.2) is 0 Å². The minimum atomic E-state index is 0. The molecule has 0 nitrogen and oxygen atoms in total. The van der Waals surface area contributed by atoms with E-state index in [2.05, 4.69) is 22.6 Å². The van der Waals surface area contributed by atoms with Crippen LogP contribution < -0.4 is 0 Å². The summed E-state index contributed by atoms with van der Waals surface area (Å²) in [7, 11) is 0. The largest absolute Gasteiger partial charge is 0.0826 e. The molecule has 0 N–H and O–H groups in total. The summed E-state index contributed by atoms with van der Waals surface area (Å²) < 4.78 is 1.01. The predicted octanol–water partition coefficient (Wildman–Crippen LogP) is 2.75. The van der Waals surface area contributed by atoms with E-state index in [4.69, 9.17) is 0 Å². The molecule has 8 heavy (non-hydrogen) atoms. The van der Waals surface area contributed by atoms with E-state index in [0.29, 0.717) is 0 Å². The molecule has 0 aromatic heterocycles. The number of hydrogen-bond donors (Lipinski definition) is 0. The van der Waals surface area contributed by atoms with Gasteiger partial charge in [0.2, 0.25) is 0 Å². The Morgan fingerprint density at radius 2 is 1.50 bits per heavy atom. The Bertz CT molecular complexity index is 50.5. The van der Waals surface area contributed by atoms with Crippen molar-refractivity contribution in [3.63, 3.8) is 0 Å². The minimum absolute atomic E-state index is 0. The van der Waals surface area contributed by atoms with Crippen molar-refractivity contribution in [1.82, 2.24) is 0 Å². The fourth-order valence-corrected chi connectivity index (χ4v) is 1.93. The van der Waals surface area contributed by atoms with Crippen LogP contribution in [0.15, 0.2) is 0 Å². The Morgan fingerprint density at radius 3 is 1.75 bits per heavy atom. The number of rotatable bonds is 0. The van der Waals surface area contributed by atoms with Gasteiger partial charge in [0.1, 0.15) is 0 Å². The van der Waals surface area contributed by atoms with Crippen molar-refractivity contribution in [3.05, 3.63) is 0 Å². The van der Waals surface area contributed by atoms with E-state index in [0.717, 1.165) is 3.92 Å². The van der Waals surface area contributed by atoms with Crippen LogP contribution in [0.1, 0.15) is 32.1 Å². The maximum Gasteiger partial charge on any atom is 0.0110 e. The van der Waals surface area contributed by atoms with Crippen LogP contribution in [-0.2, 0) is 19.5 Å². The minimum Gasteiger partial charge on any atom is -0.0826 e. The van der Waals surface area contributed by atoms with Gasteiger partial charge in [-0.25, -0.2) is 0 Å². The normalized spacial score (nSPS) is 22.1. The molecule has 2 heteroatoms. The molecule has 1 saturated carbocycles. The number of halogens is 1. The molecule has 0 saturated heterocycles. The molecule has 0 unspecified atom stereocenters. The van der Waals surface area contributed by atoms with Crippen molar-refractivity contribution in [3.8, 4) is 0 Å². The zero-order chi connectivity index (χ0) is 5.11. The molecule has 0 amide bonds. The van der Waals surface area contributed by atoms with E-state index in [9.17, 15) is 0 Å². The summed E-state index contributed by atoms with van der Waals surface area (Å²) in [6.07, 6.45) is 7.39. The fraction of sp³-hybridized carbons (Fsp3) is 1.00. The number of hydrogen-bond acceptors (Lipinski definition) is 0. The second-order valence-electron chi connectivity index (χ2n) is 2.24. The summed E-state index contributed by atoms with van der Waals surface area (Å²) in [5, 5.41) is 0. The SMILES string of the molecule is IC1CCCCC1.[Zn]. The molecule has 0 bridgehead atoms. The summed E-state index contributed by atoms with van der Waals surface area (Å²) in [5.74, 6) is 0. The van der Waals surface area contributed by atoms with Gasteiger partial charge < -0.3 is 0 Å². The average Bonchev–Trinajstić information content (AvgIpc) is 1.69. The first-order chi connectivity index (χ1) is 3.39. The van der Waals surface area contributed by atoms with Crippen LogP contribution in [0.4, 0.5) is 0 Å². The topological polar surface area (TPSA) is 0 Å². The van der Waals surface area contributed by atoms with Crippen molar-refractivity contribution in [1.29, 1.82) is 0 Å². The first-order valence-corrected chi connectivity index (χ1v) is 4.28. The van der Waals surface area contributed by atoms with Crippen molar-refractivity contribution < 1.29 is 19.5 Å². The van der Waals surface area contributed by atoms with E-state index in [1.54, 1.807) is 0 Å². The second-order valence-corrected chi connectivity index (χ2v) is 4.00. The monoisotopic (exact) mass is 274 g/mol. The summed E-state index contributed by atoms with van der Waals surface area (Å²) in [5.41, 5.74) is 0. The van der Waals surface area contributed by atoms with Crippen LogP contribution in [0.25, 0.3) is 0 Å².